The molecular weight excluding hydrogens is 377 g/mol. The number of hydrogen-bond donors (Lipinski definition) is 0. The summed E-state index contributed by atoms with van der Waals surface area (Å²) in [5, 5.41) is 0. The first-order valence-electron chi connectivity index (χ1n) is 11.0. The Hall–Kier alpha value is -1.07. The quantitative estimate of drug-likeness (QED) is 0.389. The molecule has 0 bridgehead atoms. The maximum atomic E-state index is 14.0. The van der Waals surface area contributed by atoms with Crippen molar-refractivity contribution in [3.63, 3.8) is 0 Å². The third-order valence-corrected chi connectivity index (χ3v) is 6.65. The number of benzene rings is 1. The van der Waals surface area contributed by atoms with E-state index in [1.54, 1.807) is 19.1 Å². The van der Waals surface area contributed by atoms with Gasteiger partial charge >= 0.3 is 6.18 Å². The minimum atomic E-state index is -4.55. The van der Waals surface area contributed by atoms with Crippen LogP contribution in [0.2, 0.25) is 0 Å². The molecule has 0 N–H and O–H groups in total. The number of halogens is 3. The number of rotatable bonds is 9. The summed E-state index contributed by atoms with van der Waals surface area (Å²) < 4.78 is 53.1. The van der Waals surface area contributed by atoms with Crippen LogP contribution in [0.1, 0.15) is 90.7 Å². The fourth-order valence-corrected chi connectivity index (χ4v) is 3.98. The Bertz CT molecular complexity index is 618. The van der Waals surface area contributed by atoms with Gasteiger partial charge in [0.25, 0.3) is 0 Å². The predicted octanol–water partition coefficient (Wildman–Crippen LogP) is 7.50. The molecule has 0 aliphatic heterocycles. The summed E-state index contributed by atoms with van der Waals surface area (Å²) >= 11 is 0. The van der Waals surface area contributed by atoms with E-state index in [0.717, 1.165) is 25.3 Å². The van der Waals surface area contributed by atoms with Crippen LogP contribution in [0.15, 0.2) is 24.3 Å². The van der Waals surface area contributed by atoms with Crippen LogP contribution in [0.5, 0.6) is 0 Å². The molecule has 2 atom stereocenters. The second-order valence-electron chi connectivity index (χ2n) is 9.19. The van der Waals surface area contributed by atoms with Gasteiger partial charge in [-0.25, -0.2) is 0 Å². The molecular formula is C24H37F3O2. The molecule has 166 valence electrons. The van der Waals surface area contributed by atoms with Gasteiger partial charge in [0.2, 0.25) is 0 Å². The van der Waals surface area contributed by atoms with Crippen LogP contribution >= 0.6 is 0 Å². The number of ether oxygens (including phenoxy) is 2. The van der Waals surface area contributed by atoms with Gasteiger partial charge in [0, 0.05) is 6.61 Å². The molecule has 1 aliphatic carbocycles. The summed E-state index contributed by atoms with van der Waals surface area (Å²) in [5.74, 6) is 0.624. The minimum Gasteiger partial charge on any atom is -0.353 e. The molecule has 1 aromatic carbocycles. The third kappa shape index (κ3) is 6.21. The van der Waals surface area contributed by atoms with Crippen LogP contribution in [0.25, 0.3) is 0 Å². The Morgan fingerprint density at radius 2 is 1.52 bits per heavy atom. The molecule has 0 spiro atoms. The topological polar surface area (TPSA) is 18.5 Å². The number of alkyl halides is 3. The Balaban J connectivity index is 2.05. The van der Waals surface area contributed by atoms with E-state index in [0.29, 0.717) is 12.5 Å². The lowest BCUT2D eigenvalue weighted by molar-refractivity contribution is -0.321. The molecule has 0 radical (unpaired) electrons. The van der Waals surface area contributed by atoms with Gasteiger partial charge in [-0.3, -0.25) is 0 Å². The van der Waals surface area contributed by atoms with Crippen molar-refractivity contribution < 1.29 is 22.6 Å². The van der Waals surface area contributed by atoms with Crippen LogP contribution in [0.4, 0.5) is 13.2 Å². The molecule has 0 aromatic heterocycles. The van der Waals surface area contributed by atoms with Gasteiger partial charge in [-0.2, -0.15) is 13.2 Å². The van der Waals surface area contributed by atoms with Crippen LogP contribution in [0, 0.1) is 5.92 Å². The van der Waals surface area contributed by atoms with Crippen molar-refractivity contribution in [2.75, 3.05) is 6.61 Å². The molecule has 1 saturated carbocycles. The van der Waals surface area contributed by atoms with Gasteiger partial charge in [-0.15, -0.1) is 0 Å². The maximum Gasteiger partial charge on any atom is 0.421 e. The van der Waals surface area contributed by atoms with E-state index in [2.05, 4.69) is 20.8 Å². The minimum absolute atomic E-state index is 0.0798. The summed E-state index contributed by atoms with van der Waals surface area (Å²) in [7, 11) is 0. The van der Waals surface area contributed by atoms with Gasteiger partial charge < -0.3 is 9.47 Å². The zero-order valence-electron chi connectivity index (χ0n) is 18.6. The molecule has 0 saturated heterocycles. The van der Waals surface area contributed by atoms with E-state index < -0.39 is 18.1 Å². The van der Waals surface area contributed by atoms with Crippen molar-refractivity contribution in [2.24, 2.45) is 5.92 Å². The highest BCUT2D eigenvalue weighted by Crippen LogP contribution is 2.43. The highest BCUT2D eigenvalue weighted by Gasteiger charge is 2.54. The molecule has 2 nitrogen and oxygen atoms in total. The van der Waals surface area contributed by atoms with E-state index in [1.807, 2.05) is 0 Å². The van der Waals surface area contributed by atoms with Crippen molar-refractivity contribution in [3.05, 3.63) is 35.4 Å². The second-order valence-corrected chi connectivity index (χ2v) is 9.19. The Labute approximate surface area is 174 Å². The zero-order valence-corrected chi connectivity index (χ0v) is 18.6. The molecule has 29 heavy (non-hydrogen) atoms. The summed E-state index contributed by atoms with van der Waals surface area (Å²) in [5.41, 5.74) is -1.37. The van der Waals surface area contributed by atoms with Crippen molar-refractivity contribution in [1.82, 2.24) is 0 Å². The fraction of sp³-hybridized carbons (Fsp3) is 0.750. The van der Waals surface area contributed by atoms with Crippen LogP contribution < -0.4 is 0 Å². The van der Waals surface area contributed by atoms with E-state index in [9.17, 15) is 13.2 Å². The highest BCUT2D eigenvalue weighted by atomic mass is 19.4. The van der Waals surface area contributed by atoms with E-state index >= 15 is 0 Å². The van der Waals surface area contributed by atoms with E-state index in [-0.39, 0.29) is 11.0 Å². The molecule has 0 heterocycles. The third-order valence-electron chi connectivity index (χ3n) is 6.65. The Morgan fingerprint density at radius 3 is 2.03 bits per heavy atom. The Kier molecular flexibility index (Phi) is 8.20. The van der Waals surface area contributed by atoms with Crippen molar-refractivity contribution in [1.29, 1.82) is 0 Å². The summed E-state index contributed by atoms with van der Waals surface area (Å²) in [6.45, 7) is 9.33. The van der Waals surface area contributed by atoms with Gasteiger partial charge in [-0.05, 0) is 49.1 Å². The lowest BCUT2D eigenvalue weighted by Crippen LogP contribution is -2.44. The summed E-state index contributed by atoms with van der Waals surface area (Å²) in [4.78, 5) is 0. The first kappa shape index (κ1) is 24.2. The summed E-state index contributed by atoms with van der Waals surface area (Å²) in [6.07, 6.45) is 2.48. The van der Waals surface area contributed by atoms with Crippen molar-refractivity contribution in [2.45, 2.75) is 103 Å². The fourth-order valence-electron chi connectivity index (χ4n) is 3.98. The highest BCUT2D eigenvalue weighted by molar-refractivity contribution is 5.32. The average Bonchev–Trinajstić information content (AvgIpc) is 2.68. The Morgan fingerprint density at radius 1 is 0.966 bits per heavy atom. The first-order valence-corrected chi connectivity index (χ1v) is 11.0. The first-order chi connectivity index (χ1) is 13.5. The summed E-state index contributed by atoms with van der Waals surface area (Å²) in [6, 6.07) is 6.63. The van der Waals surface area contributed by atoms with Crippen LogP contribution in [-0.2, 0) is 20.5 Å². The van der Waals surface area contributed by atoms with Gasteiger partial charge in [0.1, 0.15) is 0 Å². The van der Waals surface area contributed by atoms with Gasteiger partial charge in [0.05, 0.1) is 0 Å². The SMILES string of the molecule is CCC(C)(C)c1ccc(C(C)(OC(C)OCCC2CCCCC2)C(F)(F)F)cc1. The second kappa shape index (κ2) is 9.82. The molecule has 1 aliphatic rings. The largest absolute Gasteiger partial charge is 0.421 e. The lowest BCUT2D eigenvalue weighted by Gasteiger charge is -2.35. The van der Waals surface area contributed by atoms with E-state index in [1.165, 1.54) is 44.2 Å². The molecule has 5 heteroatoms. The van der Waals surface area contributed by atoms with Crippen molar-refractivity contribution >= 4 is 0 Å². The van der Waals surface area contributed by atoms with Crippen LogP contribution in [0.3, 0.4) is 0 Å². The number of hydrogen-bond acceptors (Lipinski definition) is 2. The predicted molar refractivity (Wildman–Crippen MR) is 111 cm³/mol. The smallest absolute Gasteiger partial charge is 0.353 e. The average molecular weight is 415 g/mol. The molecule has 1 fully saturated rings. The molecule has 2 rings (SSSR count). The molecule has 0 amide bonds. The molecule has 1 aromatic rings. The van der Waals surface area contributed by atoms with E-state index in [4.69, 9.17) is 9.47 Å². The maximum absolute atomic E-state index is 14.0. The molecule has 2 unspecified atom stereocenters. The standard InChI is InChI=1S/C24H37F3O2/c1-6-22(3,4)20-12-14-21(15-13-20)23(5,24(25,26)27)29-18(2)28-17-16-19-10-8-7-9-11-19/h12-15,18-19H,6-11,16-17H2,1-5H3. The zero-order chi connectivity index (χ0) is 21.7. The normalized spacial score (nSPS) is 19.7. The van der Waals surface area contributed by atoms with Gasteiger partial charge in [-0.1, -0.05) is 77.1 Å². The lowest BCUT2D eigenvalue weighted by atomic mass is 9.81. The van der Waals surface area contributed by atoms with Crippen LogP contribution in [-0.4, -0.2) is 19.1 Å². The monoisotopic (exact) mass is 414 g/mol. The van der Waals surface area contributed by atoms with Crippen molar-refractivity contribution in [3.8, 4) is 0 Å². The van der Waals surface area contributed by atoms with Gasteiger partial charge in [0.15, 0.2) is 11.9 Å².